The smallest absolute Gasteiger partial charge is 0.243 e. The van der Waals surface area contributed by atoms with Gasteiger partial charge in [-0.3, -0.25) is 0 Å². The van der Waals surface area contributed by atoms with Gasteiger partial charge < -0.3 is 10.6 Å². The molecule has 1 aromatic carbocycles. The van der Waals surface area contributed by atoms with E-state index >= 15 is 0 Å². The van der Waals surface area contributed by atoms with Gasteiger partial charge in [0.05, 0.1) is 11.4 Å². The van der Waals surface area contributed by atoms with E-state index in [1.165, 1.54) is 9.87 Å². The maximum atomic E-state index is 12.5. The van der Waals surface area contributed by atoms with Crippen molar-refractivity contribution in [2.24, 2.45) is 4.99 Å². The number of nitrogens with one attached hydrogen (secondary N) is 2. The van der Waals surface area contributed by atoms with Crippen molar-refractivity contribution in [1.29, 1.82) is 0 Å². The summed E-state index contributed by atoms with van der Waals surface area (Å²) in [4.78, 5) is 4.87. The van der Waals surface area contributed by atoms with Gasteiger partial charge in [-0.15, -0.1) is 0 Å². The summed E-state index contributed by atoms with van der Waals surface area (Å²) in [5.74, 6) is 0.736. The van der Waals surface area contributed by atoms with Crippen LogP contribution in [0.25, 0.3) is 0 Å². The third-order valence-electron chi connectivity index (χ3n) is 4.13. The van der Waals surface area contributed by atoms with Crippen LogP contribution in [-0.4, -0.2) is 38.3 Å². The van der Waals surface area contributed by atoms with Gasteiger partial charge in [0, 0.05) is 26.2 Å². The fraction of sp³-hybridized carbons (Fsp3) is 0.421. The molecule has 0 aliphatic rings. The molecule has 0 aliphatic heterocycles. The summed E-state index contributed by atoms with van der Waals surface area (Å²) in [6, 6.07) is 8.94. The minimum atomic E-state index is -3.45. The Bertz CT molecular complexity index is 829. The van der Waals surface area contributed by atoms with Gasteiger partial charge >= 0.3 is 0 Å². The Labute approximate surface area is 166 Å². The van der Waals surface area contributed by atoms with Crippen LogP contribution in [0.15, 0.2) is 51.0 Å². The van der Waals surface area contributed by atoms with Crippen molar-refractivity contribution in [3.8, 4) is 0 Å². The predicted octanol–water partition coefficient (Wildman–Crippen LogP) is 3.03. The van der Waals surface area contributed by atoms with Crippen LogP contribution < -0.4 is 10.6 Å². The first-order valence-corrected chi connectivity index (χ1v) is 11.3. The zero-order chi connectivity index (χ0) is 19.9. The summed E-state index contributed by atoms with van der Waals surface area (Å²) in [7, 11) is -1.85. The third kappa shape index (κ3) is 6.05. The van der Waals surface area contributed by atoms with Crippen LogP contribution in [-0.2, 0) is 23.1 Å². The predicted molar refractivity (Wildman–Crippen MR) is 113 cm³/mol. The highest BCUT2D eigenvalue weighted by Gasteiger charge is 2.22. The van der Waals surface area contributed by atoms with E-state index in [1.54, 1.807) is 30.5 Å². The highest BCUT2D eigenvalue weighted by Crippen LogP contribution is 2.17. The van der Waals surface area contributed by atoms with Crippen molar-refractivity contribution < 1.29 is 8.42 Å². The van der Waals surface area contributed by atoms with Crippen LogP contribution in [0.4, 0.5) is 0 Å². The summed E-state index contributed by atoms with van der Waals surface area (Å²) in [6.45, 7) is 7.69. The van der Waals surface area contributed by atoms with E-state index in [0.717, 1.165) is 18.1 Å². The number of sulfonamides is 1. The van der Waals surface area contributed by atoms with E-state index in [9.17, 15) is 8.42 Å². The molecule has 0 saturated carbocycles. The maximum Gasteiger partial charge on any atom is 0.243 e. The molecule has 0 radical (unpaired) electrons. The van der Waals surface area contributed by atoms with E-state index in [4.69, 9.17) is 0 Å². The molecule has 8 heteroatoms. The summed E-state index contributed by atoms with van der Waals surface area (Å²) < 4.78 is 26.4. The van der Waals surface area contributed by atoms with E-state index in [2.05, 4.69) is 27.1 Å². The second kappa shape index (κ2) is 9.87. The number of aliphatic imine (C=N–C) groups is 1. The molecule has 0 saturated heterocycles. The fourth-order valence-corrected chi connectivity index (χ4v) is 4.33. The Balaban J connectivity index is 2.01. The molecule has 1 aromatic heterocycles. The van der Waals surface area contributed by atoms with Crippen molar-refractivity contribution in [3.05, 3.63) is 52.2 Å². The normalized spacial score (nSPS) is 12.6. The maximum absolute atomic E-state index is 12.5. The van der Waals surface area contributed by atoms with Crippen LogP contribution >= 0.6 is 11.3 Å². The van der Waals surface area contributed by atoms with Crippen molar-refractivity contribution in [3.63, 3.8) is 0 Å². The Hall–Kier alpha value is -1.90. The van der Waals surface area contributed by atoms with Crippen molar-refractivity contribution in [2.75, 3.05) is 13.6 Å². The number of thiophene rings is 1. The van der Waals surface area contributed by atoms with Gasteiger partial charge in [-0.2, -0.15) is 15.6 Å². The molecule has 0 bridgehead atoms. The number of hydrogen-bond acceptors (Lipinski definition) is 4. The largest absolute Gasteiger partial charge is 0.357 e. The zero-order valence-electron chi connectivity index (χ0n) is 16.3. The van der Waals surface area contributed by atoms with Crippen LogP contribution in [0.3, 0.4) is 0 Å². The second-order valence-electron chi connectivity index (χ2n) is 6.44. The molecule has 0 amide bonds. The number of benzene rings is 1. The highest BCUT2D eigenvalue weighted by molar-refractivity contribution is 7.89. The van der Waals surface area contributed by atoms with E-state index in [0.29, 0.717) is 18.0 Å². The van der Waals surface area contributed by atoms with Gasteiger partial charge in [0.25, 0.3) is 0 Å². The Morgan fingerprint density at radius 1 is 1.15 bits per heavy atom. The van der Waals surface area contributed by atoms with E-state index < -0.39 is 10.0 Å². The first-order valence-electron chi connectivity index (χ1n) is 8.94. The summed E-state index contributed by atoms with van der Waals surface area (Å²) in [6.07, 6.45) is 0. The average Bonchev–Trinajstić information content (AvgIpc) is 3.17. The monoisotopic (exact) mass is 408 g/mol. The van der Waals surface area contributed by atoms with Gasteiger partial charge in [-0.05, 0) is 60.9 Å². The van der Waals surface area contributed by atoms with Gasteiger partial charge in [0.1, 0.15) is 0 Å². The van der Waals surface area contributed by atoms with Crippen molar-refractivity contribution in [2.45, 2.75) is 44.8 Å². The number of rotatable bonds is 8. The highest BCUT2D eigenvalue weighted by atomic mass is 32.2. The molecule has 148 valence electrons. The van der Waals surface area contributed by atoms with Crippen LogP contribution in [0, 0.1) is 0 Å². The summed E-state index contributed by atoms with van der Waals surface area (Å²) in [5.41, 5.74) is 2.17. The molecule has 2 aromatic rings. The van der Waals surface area contributed by atoms with E-state index in [-0.39, 0.29) is 6.04 Å². The number of hydrogen-bond donors (Lipinski definition) is 2. The second-order valence-corrected chi connectivity index (χ2v) is 9.22. The molecule has 0 fully saturated rings. The van der Waals surface area contributed by atoms with Crippen LogP contribution in [0.1, 0.15) is 31.9 Å². The Morgan fingerprint density at radius 2 is 1.85 bits per heavy atom. The molecule has 27 heavy (non-hydrogen) atoms. The lowest BCUT2D eigenvalue weighted by Gasteiger charge is -2.21. The lowest BCUT2D eigenvalue weighted by Crippen LogP contribution is -2.36. The van der Waals surface area contributed by atoms with Crippen molar-refractivity contribution in [1.82, 2.24) is 14.9 Å². The number of nitrogens with zero attached hydrogens (tertiary/aromatic N) is 2. The quantitative estimate of drug-likeness (QED) is 0.520. The standard InChI is InChI=1S/C19H28N4O2S2/c1-5-20-19(22-13-17-10-11-26-14-17)21-12-16-6-8-18(9-7-16)27(24,25)23(4)15(2)3/h6-11,14-15H,5,12-13H2,1-4H3,(H2,20,21,22). The van der Waals surface area contributed by atoms with Gasteiger partial charge in [-0.1, -0.05) is 12.1 Å². The number of guanidine groups is 1. The molecule has 1 heterocycles. The van der Waals surface area contributed by atoms with Crippen LogP contribution in [0.2, 0.25) is 0 Å². The topological polar surface area (TPSA) is 73.8 Å². The molecule has 2 N–H and O–H groups in total. The summed E-state index contributed by atoms with van der Waals surface area (Å²) >= 11 is 1.66. The zero-order valence-corrected chi connectivity index (χ0v) is 17.9. The first-order chi connectivity index (χ1) is 12.8. The Morgan fingerprint density at radius 3 is 2.41 bits per heavy atom. The molecule has 0 atom stereocenters. The first kappa shape index (κ1) is 21.4. The van der Waals surface area contributed by atoms with Gasteiger partial charge in [-0.25, -0.2) is 13.4 Å². The summed E-state index contributed by atoms with van der Waals surface area (Å²) in [5, 5.41) is 10.6. The molecular weight excluding hydrogens is 380 g/mol. The molecule has 2 rings (SSSR count). The lowest BCUT2D eigenvalue weighted by atomic mass is 10.2. The van der Waals surface area contributed by atoms with Gasteiger partial charge in [0.2, 0.25) is 10.0 Å². The average molecular weight is 409 g/mol. The molecule has 6 nitrogen and oxygen atoms in total. The SMILES string of the molecule is CCNC(=NCc1ccsc1)NCc1ccc(S(=O)(=O)N(C)C(C)C)cc1. The molecule has 0 spiro atoms. The molecular formula is C19H28N4O2S2. The third-order valence-corrected chi connectivity index (χ3v) is 6.91. The van der Waals surface area contributed by atoms with Gasteiger partial charge in [0.15, 0.2) is 5.96 Å². The Kier molecular flexibility index (Phi) is 7.82. The lowest BCUT2D eigenvalue weighted by molar-refractivity contribution is 0.410. The minimum Gasteiger partial charge on any atom is -0.357 e. The molecule has 0 aliphatic carbocycles. The van der Waals surface area contributed by atoms with Crippen LogP contribution in [0.5, 0.6) is 0 Å². The van der Waals surface area contributed by atoms with Crippen molar-refractivity contribution >= 4 is 27.3 Å². The fourth-order valence-electron chi connectivity index (χ4n) is 2.30. The molecule has 0 unspecified atom stereocenters. The minimum absolute atomic E-state index is 0.0848. The van der Waals surface area contributed by atoms with E-state index in [1.807, 2.05) is 38.3 Å².